The van der Waals surface area contributed by atoms with Gasteiger partial charge in [-0.15, -0.1) is 24.0 Å². The molecule has 0 aliphatic carbocycles. The molecule has 20 heavy (non-hydrogen) atoms. The molecule has 2 nitrogen and oxygen atoms in total. The molecule has 0 spiro atoms. The lowest BCUT2D eigenvalue weighted by Gasteiger charge is -2.14. The zero-order valence-electron chi connectivity index (χ0n) is 11.4. The van der Waals surface area contributed by atoms with Gasteiger partial charge in [0.2, 0.25) is 0 Å². The number of hydrogen-bond acceptors (Lipinski definition) is 2. The number of rotatable bonds is 6. The maximum atomic E-state index is 12.4. The van der Waals surface area contributed by atoms with Crippen LogP contribution in [0.1, 0.15) is 16.5 Å². The van der Waals surface area contributed by atoms with Gasteiger partial charge in [-0.3, -0.25) is 0 Å². The minimum Gasteiger partial charge on any atom is -0.314 e. The van der Waals surface area contributed by atoms with Crippen molar-refractivity contribution in [2.75, 3.05) is 33.7 Å². The first-order valence-electron chi connectivity index (χ1n) is 5.97. The van der Waals surface area contributed by atoms with E-state index < -0.39 is 11.7 Å². The molecule has 0 saturated heterocycles. The topological polar surface area (TPSA) is 15.3 Å². The first-order chi connectivity index (χ1) is 8.80. The molecule has 0 radical (unpaired) electrons. The van der Waals surface area contributed by atoms with Crippen molar-refractivity contribution in [3.05, 3.63) is 35.4 Å². The van der Waals surface area contributed by atoms with E-state index >= 15 is 0 Å². The van der Waals surface area contributed by atoms with E-state index in [1.807, 2.05) is 19.0 Å². The van der Waals surface area contributed by atoms with Crippen LogP contribution in [0.15, 0.2) is 24.3 Å². The summed E-state index contributed by atoms with van der Waals surface area (Å²) in [5.74, 6) is 0. The Bertz CT molecular complexity index is 380. The van der Waals surface area contributed by atoms with E-state index in [2.05, 4.69) is 5.32 Å². The molecule has 0 aliphatic rings. The van der Waals surface area contributed by atoms with Crippen molar-refractivity contribution in [2.45, 2.75) is 11.6 Å². The zero-order chi connectivity index (χ0) is 14.5. The van der Waals surface area contributed by atoms with E-state index in [-0.39, 0.29) is 17.8 Å². The lowest BCUT2D eigenvalue weighted by atomic mass is 10.1. The van der Waals surface area contributed by atoms with Crippen molar-refractivity contribution in [3.8, 4) is 0 Å². The second kappa shape index (κ2) is 8.72. The van der Waals surface area contributed by atoms with Crippen molar-refractivity contribution < 1.29 is 13.2 Å². The van der Waals surface area contributed by atoms with Gasteiger partial charge < -0.3 is 10.2 Å². The quantitative estimate of drug-likeness (QED) is 0.633. The fourth-order valence-corrected chi connectivity index (χ4v) is 1.78. The number of hydrogen-bond donors (Lipinski definition) is 1. The number of nitrogens with one attached hydrogen (secondary N) is 1. The van der Waals surface area contributed by atoms with Gasteiger partial charge in [0, 0.05) is 19.6 Å². The SMILES string of the molecule is CN(C)CCNCC(Cl)c1ccc(C(F)(F)F)cc1.Cl. The van der Waals surface area contributed by atoms with Crippen LogP contribution >= 0.6 is 24.0 Å². The normalized spacial score (nSPS) is 13.2. The summed E-state index contributed by atoms with van der Waals surface area (Å²) in [7, 11) is 3.94. The summed E-state index contributed by atoms with van der Waals surface area (Å²) < 4.78 is 37.2. The van der Waals surface area contributed by atoms with Gasteiger partial charge in [-0.25, -0.2) is 0 Å². The van der Waals surface area contributed by atoms with Crippen LogP contribution in [-0.2, 0) is 6.18 Å². The van der Waals surface area contributed by atoms with Crippen molar-refractivity contribution in [2.24, 2.45) is 0 Å². The molecule has 1 atom stereocenters. The summed E-state index contributed by atoms with van der Waals surface area (Å²) in [5.41, 5.74) is 0.0349. The lowest BCUT2D eigenvalue weighted by Crippen LogP contribution is -2.28. The summed E-state index contributed by atoms with van der Waals surface area (Å²) in [4.78, 5) is 2.04. The molecule has 1 N–H and O–H groups in total. The Labute approximate surface area is 128 Å². The summed E-state index contributed by atoms with van der Waals surface area (Å²) in [6, 6.07) is 4.97. The average Bonchev–Trinajstić information content (AvgIpc) is 2.33. The van der Waals surface area contributed by atoms with E-state index in [0.29, 0.717) is 12.1 Å². The largest absolute Gasteiger partial charge is 0.416 e. The second-order valence-corrected chi connectivity index (χ2v) is 5.12. The Morgan fingerprint density at radius 2 is 1.75 bits per heavy atom. The Morgan fingerprint density at radius 3 is 2.20 bits per heavy atom. The third-order valence-electron chi connectivity index (χ3n) is 2.66. The van der Waals surface area contributed by atoms with Crippen molar-refractivity contribution in [1.82, 2.24) is 10.2 Å². The smallest absolute Gasteiger partial charge is 0.314 e. The standard InChI is InChI=1S/C13H18ClF3N2.ClH/c1-19(2)8-7-18-9-12(14)10-3-5-11(6-4-10)13(15,16)17;/h3-6,12,18H,7-9H2,1-2H3;1H. The summed E-state index contributed by atoms with van der Waals surface area (Å²) in [5, 5.41) is 2.83. The van der Waals surface area contributed by atoms with Crippen molar-refractivity contribution in [3.63, 3.8) is 0 Å². The number of halogens is 5. The van der Waals surface area contributed by atoms with E-state index in [4.69, 9.17) is 11.6 Å². The molecule has 0 aliphatic heterocycles. The summed E-state index contributed by atoms with van der Waals surface area (Å²) >= 11 is 6.13. The van der Waals surface area contributed by atoms with Gasteiger partial charge in [-0.05, 0) is 31.8 Å². The van der Waals surface area contributed by atoms with Gasteiger partial charge in [0.05, 0.1) is 10.9 Å². The van der Waals surface area contributed by atoms with E-state index in [0.717, 1.165) is 25.2 Å². The highest BCUT2D eigenvalue weighted by Gasteiger charge is 2.30. The van der Waals surface area contributed by atoms with Gasteiger partial charge in [-0.1, -0.05) is 12.1 Å². The number of benzene rings is 1. The molecule has 0 fully saturated rings. The molecule has 1 aromatic carbocycles. The Kier molecular flexibility index (Phi) is 8.51. The van der Waals surface area contributed by atoms with Crippen LogP contribution in [0.3, 0.4) is 0 Å². The van der Waals surface area contributed by atoms with E-state index in [1.165, 1.54) is 12.1 Å². The summed E-state index contributed by atoms with van der Waals surface area (Å²) in [6.45, 7) is 2.20. The molecule has 7 heteroatoms. The molecule has 0 saturated carbocycles. The van der Waals surface area contributed by atoms with Crippen LogP contribution in [0.4, 0.5) is 13.2 Å². The fourth-order valence-electron chi connectivity index (χ4n) is 1.53. The maximum absolute atomic E-state index is 12.4. The third-order valence-corrected chi connectivity index (χ3v) is 3.07. The van der Waals surface area contributed by atoms with Gasteiger partial charge in [0.25, 0.3) is 0 Å². The van der Waals surface area contributed by atoms with E-state index in [1.54, 1.807) is 0 Å². The van der Waals surface area contributed by atoms with Gasteiger partial charge in [0.1, 0.15) is 0 Å². The Balaban J connectivity index is 0.00000361. The minimum absolute atomic E-state index is 0. The first kappa shape index (κ1) is 19.5. The maximum Gasteiger partial charge on any atom is 0.416 e. The first-order valence-corrected chi connectivity index (χ1v) is 6.41. The van der Waals surface area contributed by atoms with Crippen LogP contribution in [0.2, 0.25) is 0 Å². The predicted molar refractivity (Wildman–Crippen MR) is 78.7 cm³/mol. The molecular formula is C13H19Cl2F3N2. The highest BCUT2D eigenvalue weighted by molar-refractivity contribution is 6.21. The monoisotopic (exact) mass is 330 g/mol. The Hall–Kier alpha value is -0.490. The van der Waals surface area contributed by atoms with Crippen molar-refractivity contribution >= 4 is 24.0 Å². The number of likely N-dealkylation sites (N-methyl/N-ethyl adjacent to an activating group) is 1. The molecule has 0 bridgehead atoms. The van der Waals surface area contributed by atoms with Crippen molar-refractivity contribution in [1.29, 1.82) is 0 Å². The van der Waals surface area contributed by atoms with Crippen LogP contribution in [-0.4, -0.2) is 38.6 Å². The van der Waals surface area contributed by atoms with Crippen LogP contribution in [0, 0.1) is 0 Å². The fraction of sp³-hybridized carbons (Fsp3) is 0.538. The molecule has 0 heterocycles. The number of nitrogens with zero attached hydrogens (tertiary/aromatic N) is 1. The highest BCUT2D eigenvalue weighted by Crippen LogP contribution is 2.30. The van der Waals surface area contributed by atoms with Crippen LogP contribution in [0.5, 0.6) is 0 Å². The van der Waals surface area contributed by atoms with Crippen LogP contribution < -0.4 is 5.32 Å². The zero-order valence-corrected chi connectivity index (χ0v) is 12.9. The summed E-state index contributed by atoms with van der Waals surface area (Å²) in [6.07, 6.45) is -4.30. The van der Waals surface area contributed by atoms with Gasteiger partial charge in [-0.2, -0.15) is 13.2 Å². The van der Waals surface area contributed by atoms with Gasteiger partial charge >= 0.3 is 6.18 Å². The average molecular weight is 331 g/mol. The van der Waals surface area contributed by atoms with Gasteiger partial charge in [0.15, 0.2) is 0 Å². The Morgan fingerprint density at radius 1 is 1.20 bits per heavy atom. The second-order valence-electron chi connectivity index (χ2n) is 4.59. The molecule has 0 amide bonds. The lowest BCUT2D eigenvalue weighted by molar-refractivity contribution is -0.137. The predicted octanol–water partition coefficient (Wildman–Crippen LogP) is 3.56. The highest BCUT2D eigenvalue weighted by atomic mass is 35.5. The molecule has 1 rings (SSSR count). The molecule has 1 unspecified atom stereocenters. The number of alkyl halides is 4. The molecular weight excluding hydrogens is 312 g/mol. The third kappa shape index (κ3) is 6.79. The molecule has 0 aromatic heterocycles. The molecule has 1 aromatic rings. The minimum atomic E-state index is -4.30. The van der Waals surface area contributed by atoms with Crippen LogP contribution in [0.25, 0.3) is 0 Å². The van der Waals surface area contributed by atoms with E-state index in [9.17, 15) is 13.2 Å². The molecule has 116 valence electrons.